The van der Waals surface area contributed by atoms with Crippen LogP contribution in [0.5, 0.6) is 0 Å². The van der Waals surface area contributed by atoms with Crippen LogP contribution in [0.1, 0.15) is 19.3 Å². The molecule has 4 rings (SSSR count). The Labute approximate surface area is 148 Å². The van der Waals surface area contributed by atoms with E-state index < -0.39 is 0 Å². The molecule has 0 radical (unpaired) electrons. The molecule has 0 spiro atoms. The predicted molar refractivity (Wildman–Crippen MR) is 98.7 cm³/mol. The van der Waals surface area contributed by atoms with Crippen LogP contribution in [-0.2, 0) is 9.53 Å². The van der Waals surface area contributed by atoms with Crippen LogP contribution in [0.4, 0.5) is 5.69 Å². The van der Waals surface area contributed by atoms with E-state index in [1.54, 1.807) is 7.11 Å². The Kier molecular flexibility index (Phi) is 4.34. The van der Waals surface area contributed by atoms with E-state index in [2.05, 4.69) is 28.1 Å². The van der Waals surface area contributed by atoms with Crippen molar-refractivity contribution in [1.29, 1.82) is 0 Å². The van der Waals surface area contributed by atoms with E-state index >= 15 is 0 Å². The number of piperazine rings is 1. The third-order valence-corrected chi connectivity index (χ3v) is 5.74. The number of rotatable bonds is 4. The van der Waals surface area contributed by atoms with Crippen molar-refractivity contribution >= 4 is 22.4 Å². The highest BCUT2D eigenvalue weighted by Crippen LogP contribution is 2.43. The van der Waals surface area contributed by atoms with Crippen molar-refractivity contribution in [2.24, 2.45) is 5.41 Å². The van der Waals surface area contributed by atoms with Crippen LogP contribution in [0.3, 0.4) is 0 Å². The quantitative estimate of drug-likeness (QED) is 0.859. The average molecular weight is 339 g/mol. The van der Waals surface area contributed by atoms with Gasteiger partial charge in [0, 0.05) is 50.3 Å². The van der Waals surface area contributed by atoms with Gasteiger partial charge in [0.05, 0.1) is 23.9 Å². The average Bonchev–Trinajstić information content (AvgIpc) is 2.64. The number of hydrogen-bond donors (Lipinski definition) is 0. The third kappa shape index (κ3) is 2.86. The van der Waals surface area contributed by atoms with Crippen LogP contribution in [0.25, 0.3) is 10.8 Å². The number of aromatic nitrogens is 1. The molecule has 1 aromatic heterocycles. The summed E-state index contributed by atoms with van der Waals surface area (Å²) >= 11 is 0. The number of methoxy groups -OCH3 is 1. The summed E-state index contributed by atoms with van der Waals surface area (Å²) in [5.41, 5.74) is 0.915. The molecular weight excluding hydrogens is 314 g/mol. The van der Waals surface area contributed by atoms with Crippen LogP contribution < -0.4 is 4.90 Å². The second kappa shape index (κ2) is 6.64. The fraction of sp³-hybridized carbons (Fsp3) is 0.500. The fourth-order valence-corrected chi connectivity index (χ4v) is 4.14. The van der Waals surface area contributed by atoms with Gasteiger partial charge >= 0.3 is 0 Å². The lowest BCUT2D eigenvalue weighted by Gasteiger charge is -2.45. The zero-order chi connectivity index (χ0) is 17.3. The van der Waals surface area contributed by atoms with Gasteiger partial charge in [0.15, 0.2) is 0 Å². The van der Waals surface area contributed by atoms with Crippen molar-refractivity contribution in [3.63, 3.8) is 0 Å². The fourth-order valence-electron chi connectivity index (χ4n) is 4.14. The van der Waals surface area contributed by atoms with Gasteiger partial charge in [-0.15, -0.1) is 0 Å². The van der Waals surface area contributed by atoms with Crippen LogP contribution in [0.2, 0.25) is 0 Å². The first-order valence-electron chi connectivity index (χ1n) is 9.09. The van der Waals surface area contributed by atoms with E-state index in [1.807, 2.05) is 23.4 Å². The van der Waals surface area contributed by atoms with Gasteiger partial charge < -0.3 is 14.5 Å². The molecule has 5 nitrogen and oxygen atoms in total. The molecule has 1 amide bonds. The van der Waals surface area contributed by atoms with Crippen LogP contribution >= 0.6 is 0 Å². The molecule has 0 bridgehead atoms. The number of carbonyl (C=O) groups excluding carboxylic acids is 1. The molecule has 5 heteroatoms. The summed E-state index contributed by atoms with van der Waals surface area (Å²) in [6.45, 7) is 3.80. The number of hydrogen-bond acceptors (Lipinski definition) is 4. The monoisotopic (exact) mass is 339 g/mol. The predicted octanol–water partition coefficient (Wildman–Crippen LogP) is 2.70. The topological polar surface area (TPSA) is 45.7 Å². The lowest BCUT2D eigenvalue weighted by atomic mass is 9.68. The lowest BCUT2D eigenvalue weighted by Crippen LogP contribution is -2.56. The van der Waals surface area contributed by atoms with Gasteiger partial charge in [-0.05, 0) is 12.8 Å². The highest BCUT2D eigenvalue weighted by molar-refractivity contribution is 5.93. The van der Waals surface area contributed by atoms with Gasteiger partial charge in [-0.1, -0.05) is 30.7 Å². The largest absolute Gasteiger partial charge is 0.384 e. The molecule has 2 aliphatic rings. The molecule has 1 aromatic carbocycles. The first-order chi connectivity index (χ1) is 12.2. The Hall–Kier alpha value is -2.14. The molecule has 25 heavy (non-hydrogen) atoms. The van der Waals surface area contributed by atoms with Crippen molar-refractivity contribution < 1.29 is 9.53 Å². The first kappa shape index (κ1) is 16.3. The molecule has 132 valence electrons. The molecular formula is C20H25N3O2. The summed E-state index contributed by atoms with van der Waals surface area (Å²) in [4.78, 5) is 21.7. The Balaban J connectivity index is 1.47. The molecule has 1 aliphatic heterocycles. The van der Waals surface area contributed by atoms with Crippen LogP contribution in [-0.4, -0.2) is 55.7 Å². The number of ether oxygens (including phenoxy) is 1. The zero-order valence-corrected chi connectivity index (χ0v) is 14.8. The number of fused-ring (bicyclic) bond motifs is 1. The lowest BCUT2D eigenvalue weighted by molar-refractivity contribution is -0.152. The second-order valence-corrected chi connectivity index (χ2v) is 7.23. The molecule has 2 heterocycles. The number of anilines is 1. The molecule has 0 N–H and O–H groups in total. The van der Waals surface area contributed by atoms with Gasteiger partial charge in [0.25, 0.3) is 0 Å². The Morgan fingerprint density at radius 1 is 1.16 bits per heavy atom. The van der Waals surface area contributed by atoms with Crippen LogP contribution in [0.15, 0.2) is 36.7 Å². The van der Waals surface area contributed by atoms with Crippen molar-refractivity contribution in [2.75, 3.05) is 44.8 Å². The number of amides is 1. The summed E-state index contributed by atoms with van der Waals surface area (Å²) < 4.78 is 5.33. The molecule has 1 saturated carbocycles. The van der Waals surface area contributed by atoms with Crippen molar-refractivity contribution in [3.8, 4) is 0 Å². The summed E-state index contributed by atoms with van der Waals surface area (Å²) in [6.07, 6.45) is 6.92. The van der Waals surface area contributed by atoms with E-state index in [1.165, 1.54) is 11.1 Å². The van der Waals surface area contributed by atoms with Gasteiger partial charge in [0.1, 0.15) is 0 Å². The summed E-state index contributed by atoms with van der Waals surface area (Å²) in [6, 6.07) is 8.34. The Bertz CT molecular complexity index is 759. The minimum atomic E-state index is -0.252. The number of pyridine rings is 1. The molecule has 0 atom stereocenters. The normalized spacial score (nSPS) is 19.7. The van der Waals surface area contributed by atoms with Crippen molar-refractivity contribution in [1.82, 2.24) is 9.88 Å². The standard InChI is InChI=1S/C20H25N3O2/c1-25-15-20(7-4-8-20)19(24)23-11-9-22(10-12-23)18-14-21-13-16-5-2-3-6-17(16)18/h2-3,5-6,13-14H,4,7-12,15H2,1H3. The van der Waals surface area contributed by atoms with Crippen molar-refractivity contribution in [3.05, 3.63) is 36.7 Å². The zero-order valence-electron chi connectivity index (χ0n) is 14.8. The number of carbonyl (C=O) groups is 1. The maximum atomic E-state index is 13.0. The van der Waals surface area contributed by atoms with E-state index in [0.717, 1.165) is 50.8 Å². The third-order valence-electron chi connectivity index (χ3n) is 5.74. The summed E-state index contributed by atoms with van der Waals surface area (Å²) in [7, 11) is 1.69. The van der Waals surface area contributed by atoms with Crippen LogP contribution in [0, 0.1) is 5.41 Å². The Morgan fingerprint density at radius 3 is 2.60 bits per heavy atom. The highest BCUT2D eigenvalue weighted by Gasteiger charge is 2.46. The smallest absolute Gasteiger partial charge is 0.231 e. The Morgan fingerprint density at radius 2 is 1.92 bits per heavy atom. The van der Waals surface area contributed by atoms with Gasteiger partial charge in [-0.25, -0.2) is 0 Å². The first-order valence-corrected chi connectivity index (χ1v) is 9.09. The minimum absolute atomic E-state index is 0.252. The second-order valence-electron chi connectivity index (χ2n) is 7.23. The summed E-state index contributed by atoms with van der Waals surface area (Å²) in [5, 5.41) is 2.39. The van der Waals surface area contributed by atoms with E-state index in [4.69, 9.17) is 4.74 Å². The maximum absolute atomic E-state index is 13.0. The molecule has 1 saturated heterocycles. The highest BCUT2D eigenvalue weighted by atomic mass is 16.5. The van der Waals surface area contributed by atoms with E-state index in [9.17, 15) is 4.79 Å². The van der Waals surface area contributed by atoms with E-state index in [-0.39, 0.29) is 11.3 Å². The SMILES string of the molecule is COCC1(C(=O)N2CCN(c3cncc4ccccc34)CC2)CCC1. The molecule has 1 aliphatic carbocycles. The van der Waals surface area contributed by atoms with Crippen molar-refractivity contribution in [2.45, 2.75) is 19.3 Å². The number of nitrogens with zero attached hydrogens (tertiary/aromatic N) is 3. The van der Waals surface area contributed by atoms with Gasteiger partial charge in [-0.3, -0.25) is 9.78 Å². The minimum Gasteiger partial charge on any atom is -0.384 e. The number of benzene rings is 1. The van der Waals surface area contributed by atoms with E-state index in [0.29, 0.717) is 6.61 Å². The van der Waals surface area contributed by atoms with Gasteiger partial charge in [-0.2, -0.15) is 0 Å². The maximum Gasteiger partial charge on any atom is 0.231 e. The molecule has 0 unspecified atom stereocenters. The summed E-state index contributed by atoms with van der Waals surface area (Å²) in [5.74, 6) is 0.288. The molecule has 2 fully saturated rings. The molecule has 2 aromatic rings. The van der Waals surface area contributed by atoms with Gasteiger partial charge in [0.2, 0.25) is 5.91 Å².